The number of likely N-dealkylation sites (tertiary alicyclic amines) is 1. The van der Waals surface area contributed by atoms with Crippen LogP contribution in [0.1, 0.15) is 47.8 Å². The van der Waals surface area contributed by atoms with Crippen LogP contribution in [0.25, 0.3) is 0 Å². The zero-order valence-corrected chi connectivity index (χ0v) is 23.5. The lowest BCUT2D eigenvalue weighted by atomic mass is 10.1. The van der Waals surface area contributed by atoms with Gasteiger partial charge in [-0.15, -0.1) is 0 Å². The fourth-order valence-corrected chi connectivity index (χ4v) is 4.89. The van der Waals surface area contributed by atoms with Crippen molar-refractivity contribution >= 4 is 17.7 Å². The van der Waals surface area contributed by atoms with Gasteiger partial charge in [-0.25, -0.2) is 0 Å². The molecule has 4 bridgehead atoms. The summed E-state index contributed by atoms with van der Waals surface area (Å²) >= 11 is 0. The minimum absolute atomic E-state index is 0.136. The van der Waals surface area contributed by atoms with Gasteiger partial charge in [0.25, 0.3) is 11.8 Å². The first-order chi connectivity index (χ1) is 19.8. The van der Waals surface area contributed by atoms with Crippen LogP contribution >= 0.6 is 0 Å². The monoisotopic (exact) mass is 561 g/mol. The summed E-state index contributed by atoms with van der Waals surface area (Å²) in [7, 11) is 1.53. The van der Waals surface area contributed by atoms with Gasteiger partial charge in [-0.1, -0.05) is 18.2 Å². The summed E-state index contributed by atoms with van der Waals surface area (Å²) in [6.45, 7) is 4.78. The van der Waals surface area contributed by atoms with Crippen LogP contribution in [0.3, 0.4) is 0 Å². The number of nitrogens with one attached hydrogen (secondary N) is 2. The lowest BCUT2D eigenvalue weighted by Gasteiger charge is -2.21. The Bertz CT molecular complexity index is 1400. The number of nitrogens with zero attached hydrogens (tertiary/aromatic N) is 3. The fourth-order valence-electron chi connectivity index (χ4n) is 4.89. The van der Waals surface area contributed by atoms with Gasteiger partial charge in [0.2, 0.25) is 5.91 Å². The van der Waals surface area contributed by atoms with E-state index in [0.29, 0.717) is 48.9 Å². The molecule has 0 saturated carbocycles. The van der Waals surface area contributed by atoms with Gasteiger partial charge in [0.1, 0.15) is 11.9 Å². The van der Waals surface area contributed by atoms with Crippen LogP contribution < -0.4 is 24.8 Å². The first kappa shape index (κ1) is 28.0. The molecule has 0 radical (unpaired) electrons. The normalized spacial score (nSPS) is 19.7. The number of aromatic nitrogens is 2. The van der Waals surface area contributed by atoms with Crippen molar-refractivity contribution < 1.29 is 28.6 Å². The number of aryl methyl sites for hydroxylation is 1. The zero-order valence-electron chi connectivity index (χ0n) is 23.5. The third-order valence-electron chi connectivity index (χ3n) is 7.21. The van der Waals surface area contributed by atoms with Crippen LogP contribution in [0.4, 0.5) is 0 Å². The molecule has 0 spiro atoms. The number of amides is 3. The van der Waals surface area contributed by atoms with Crippen LogP contribution in [-0.4, -0.2) is 71.4 Å². The number of fused-ring (bicyclic) bond motifs is 9. The van der Waals surface area contributed by atoms with Crippen LogP contribution in [0.15, 0.2) is 54.9 Å². The van der Waals surface area contributed by atoms with Crippen LogP contribution in [0, 0.1) is 0 Å². The Kier molecular flexibility index (Phi) is 8.42. The zero-order chi connectivity index (χ0) is 28.9. The van der Waals surface area contributed by atoms with Crippen molar-refractivity contribution in [2.45, 2.75) is 51.4 Å². The molecule has 0 aliphatic carbocycles. The average Bonchev–Trinajstić information content (AvgIpc) is 3.62. The number of hydrogen-bond acceptors (Lipinski definition) is 7. The Morgan fingerprint density at radius 1 is 1.05 bits per heavy atom. The number of carbonyl (C=O) groups is 3. The molecule has 11 heteroatoms. The largest absolute Gasteiger partial charge is 0.493 e. The molecule has 2 aromatic carbocycles. The Morgan fingerprint density at radius 2 is 1.83 bits per heavy atom. The molecule has 4 heterocycles. The van der Waals surface area contributed by atoms with Gasteiger partial charge >= 0.3 is 0 Å². The summed E-state index contributed by atoms with van der Waals surface area (Å²) in [6, 6.07) is 12.5. The van der Waals surface area contributed by atoms with E-state index in [1.165, 1.54) is 7.11 Å². The van der Waals surface area contributed by atoms with Gasteiger partial charge in [0.05, 0.1) is 31.5 Å². The lowest BCUT2D eigenvalue weighted by molar-refractivity contribution is -0.123. The predicted molar refractivity (Wildman–Crippen MR) is 150 cm³/mol. The van der Waals surface area contributed by atoms with Crippen molar-refractivity contribution in [3.05, 3.63) is 71.5 Å². The second-order valence-electron chi connectivity index (χ2n) is 10.5. The number of rotatable bonds is 3. The smallest absolute Gasteiger partial charge is 0.258 e. The third-order valence-corrected chi connectivity index (χ3v) is 7.21. The minimum Gasteiger partial charge on any atom is -0.493 e. The van der Waals surface area contributed by atoms with Gasteiger partial charge in [0, 0.05) is 31.7 Å². The second kappa shape index (κ2) is 12.3. The second-order valence-corrected chi connectivity index (χ2v) is 10.5. The summed E-state index contributed by atoms with van der Waals surface area (Å²) in [5, 5.41) is 10.2. The maximum Gasteiger partial charge on any atom is 0.258 e. The van der Waals surface area contributed by atoms with Crippen molar-refractivity contribution in [3.8, 4) is 17.2 Å². The van der Waals surface area contributed by atoms with E-state index in [1.54, 1.807) is 34.1 Å². The van der Waals surface area contributed by atoms with Gasteiger partial charge < -0.3 is 29.7 Å². The van der Waals surface area contributed by atoms with Crippen LogP contribution in [0.2, 0.25) is 0 Å². The Morgan fingerprint density at radius 3 is 2.56 bits per heavy atom. The summed E-state index contributed by atoms with van der Waals surface area (Å²) in [5.41, 5.74) is 2.25. The van der Waals surface area contributed by atoms with Crippen LogP contribution in [0.5, 0.6) is 17.2 Å². The summed E-state index contributed by atoms with van der Waals surface area (Å²) < 4.78 is 19.2. The Balaban J connectivity index is 1.37. The van der Waals surface area contributed by atoms with E-state index in [0.717, 1.165) is 11.1 Å². The first-order valence-electron chi connectivity index (χ1n) is 13.7. The quantitative estimate of drug-likeness (QED) is 0.504. The van der Waals surface area contributed by atoms with Crippen molar-refractivity contribution in [1.29, 1.82) is 0 Å². The highest BCUT2D eigenvalue weighted by Gasteiger charge is 2.38. The van der Waals surface area contributed by atoms with Crippen molar-refractivity contribution in [1.82, 2.24) is 25.3 Å². The maximum atomic E-state index is 13.3. The minimum atomic E-state index is -0.448. The Hall–Kier alpha value is -4.54. The molecule has 6 rings (SSSR count). The maximum absolute atomic E-state index is 13.3. The molecule has 0 unspecified atom stereocenters. The third kappa shape index (κ3) is 6.79. The highest BCUT2D eigenvalue weighted by molar-refractivity contribution is 5.94. The van der Waals surface area contributed by atoms with Gasteiger partial charge in [-0.2, -0.15) is 5.10 Å². The molecule has 1 fully saturated rings. The van der Waals surface area contributed by atoms with E-state index < -0.39 is 12.1 Å². The van der Waals surface area contributed by atoms with Crippen molar-refractivity contribution in [2.24, 2.45) is 0 Å². The summed E-state index contributed by atoms with van der Waals surface area (Å²) in [4.78, 5) is 40.5. The molecule has 3 aliphatic rings. The predicted octanol–water partition coefficient (Wildman–Crippen LogP) is 2.50. The Labute approximate surface area is 238 Å². The standard InChI is InChI=1S/C30H35N5O6/c1-19(2)35-15-22(14-32-35)30(38)34-16-24-27(17-34)41-23-8-4-21(5-9-23)13-31-29(37)18-40-26-12-20(6-10-25(26)39-3)7-11-28(36)33-24/h4-6,8-10,12,14-15,19,24,27H,7,11,13,16-18H2,1-3H3,(H,31,37)(H,33,36)/t24-,27-/m0/s1. The van der Waals surface area contributed by atoms with Gasteiger partial charge in [0.15, 0.2) is 18.1 Å². The molecule has 2 atom stereocenters. The highest BCUT2D eigenvalue weighted by Crippen LogP contribution is 2.29. The van der Waals surface area contributed by atoms with Crippen molar-refractivity contribution in [2.75, 3.05) is 26.8 Å². The van der Waals surface area contributed by atoms with E-state index >= 15 is 0 Å². The van der Waals surface area contributed by atoms with E-state index in [9.17, 15) is 14.4 Å². The number of carbonyl (C=O) groups excluding carboxylic acids is 3. The van der Waals surface area contributed by atoms with Gasteiger partial charge in [-0.05, 0) is 55.7 Å². The molecule has 1 aromatic heterocycles. The molecule has 216 valence electrons. The van der Waals surface area contributed by atoms with Gasteiger partial charge in [-0.3, -0.25) is 19.1 Å². The number of benzene rings is 2. The SMILES string of the molecule is COc1ccc2cc1OCC(=O)NCc1ccc(cc1)O[C@H]1CN(C(=O)c3cnn(C(C)C)c3)C[C@@H]1NC(=O)CC2. The highest BCUT2D eigenvalue weighted by atomic mass is 16.5. The topological polar surface area (TPSA) is 124 Å². The summed E-state index contributed by atoms with van der Waals surface area (Å²) in [6.07, 6.45) is 3.54. The van der Waals surface area contributed by atoms with Crippen molar-refractivity contribution in [3.63, 3.8) is 0 Å². The molecule has 3 aromatic rings. The van der Waals surface area contributed by atoms with E-state index in [4.69, 9.17) is 14.2 Å². The van der Waals surface area contributed by atoms with Crippen LogP contribution in [-0.2, 0) is 22.6 Å². The molecule has 3 aliphatic heterocycles. The van der Waals surface area contributed by atoms with E-state index in [2.05, 4.69) is 15.7 Å². The molecule has 41 heavy (non-hydrogen) atoms. The fraction of sp³-hybridized carbons (Fsp3) is 0.400. The molecule has 3 amide bonds. The number of methoxy groups -OCH3 is 1. The number of ether oxygens (including phenoxy) is 3. The molecule has 11 nitrogen and oxygen atoms in total. The number of hydrogen-bond donors (Lipinski definition) is 2. The molecular weight excluding hydrogens is 526 g/mol. The first-order valence-corrected chi connectivity index (χ1v) is 13.7. The lowest BCUT2D eigenvalue weighted by Crippen LogP contribution is -2.45. The van der Waals surface area contributed by atoms with E-state index in [1.807, 2.05) is 44.2 Å². The average molecular weight is 562 g/mol. The molecule has 2 N–H and O–H groups in total. The molecular formula is C30H35N5O6. The van der Waals surface area contributed by atoms with E-state index in [-0.39, 0.29) is 36.8 Å². The molecule has 1 saturated heterocycles. The summed E-state index contributed by atoms with van der Waals surface area (Å²) in [5.74, 6) is 0.956.